The number of carbonyl (C=O) groups is 1. The maximum atomic E-state index is 12.2. The van der Waals surface area contributed by atoms with Crippen LogP contribution >= 0.6 is 0 Å². The van der Waals surface area contributed by atoms with Gasteiger partial charge >= 0.3 is 0 Å². The highest BCUT2D eigenvalue weighted by Gasteiger charge is 2.23. The molecule has 1 aromatic rings. The Kier molecular flexibility index (Phi) is 6.32. The fourth-order valence-corrected chi connectivity index (χ4v) is 3.83. The third-order valence-corrected chi connectivity index (χ3v) is 5.50. The number of nitrogens with zero attached hydrogens (tertiary/aromatic N) is 2. The Morgan fingerprint density at radius 2 is 2.08 bits per heavy atom. The Morgan fingerprint density at radius 1 is 1.28 bits per heavy atom. The molecule has 0 radical (unpaired) electrons. The van der Waals surface area contributed by atoms with E-state index in [1.54, 1.807) is 0 Å². The van der Waals surface area contributed by atoms with Crippen LogP contribution in [0.15, 0.2) is 24.3 Å². The van der Waals surface area contributed by atoms with Crippen molar-refractivity contribution in [2.75, 3.05) is 44.2 Å². The van der Waals surface area contributed by atoms with Crippen LogP contribution in [0.4, 0.5) is 5.69 Å². The van der Waals surface area contributed by atoms with Crippen LogP contribution in [0.25, 0.3) is 0 Å². The summed E-state index contributed by atoms with van der Waals surface area (Å²) >= 11 is 0. The van der Waals surface area contributed by atoms with Gasteiger partial charge in [-0.15, -0.1) is 0 Å². The van der Waals surface area contributed by atoms with E-state index in [9.17, 15) is 4.79 Å². The Hall–Kier alpha value is -1.59. The average molecular weight is 345 g/mol. The summed E-state index contributed by atoms with van der Waals surface area (Å²) in [6.45, 7) is 10.4. The summed E-state index contributed by atoms with van der Waals surface area (Å²) in [5, 5.41) is 6.65. The first-order valence-electron chi connectivity index (χ1n) is 9.68. The number of benzene rings is 1. The fraction of sp³-hybridized carbons (Fsp3) is 0.650. The molecule has 5 heteroatoms. The molecule has 2 saturated heterocycles. The Labute approximate surface area is 151 Å². The van der Waals surface area contributed by atoms with Gasteiger partial charge in [0, 0.05) is 56.9 Å². The average Bonchev–Trinajstić information content (AvgIpc) is 2.62. The second-order valence-electron chi connectivity index (χ2n) is 7.48. The molecule has 2 fully saturated rings. The molecule has 2 N–H and O–H groups in total. The summed E-state index contributed by atoms with van der Waals surface area (Å²) in [6, 6.07) is 9.39. The van der Waals surface area contributed by atoms with Gasteiger partial charge < -0.3 is 15.5 Å². The maximum absolute atomic E-state index is 12.2. The lowest BCUT2D eigenvalue weighted by Gasteiger charge is -2.36. The number of carbonyl (C=O) groups excluding carboxylic acids is 1. The molecule has 0 spiro atoms. The molecule has 0 aromatic heterocycles. The predicted octanol–water partition coefficient (Wildman–Crippen LogP) is 1.76. The maximum Gasteiger partial charge on any atom is 0.221 e. The minimum atomic E-state index is 0.196. The van der Waals surface area contributed by atoms with Crippen LogP contribution in [-0.2, 0) is 4.79 Å². The number of piperazine rings is 1. The molecule has 1 amide bonds. The van der Waals surface area contributed by atoms with Gasteiger partial charge in [0.25, 0.3) is 0 Å². The second kappa shape index (κ2) is 8.68. The van der Waals surface area contributed by atoms with Gasteiger partial charge in [0.1, 0.15) is 0 Å². The van der Waals surface area contributed by atoms with E-state index in [2.05, 4.69) is 58.5 Å². The number of rotatable bonds is 5. The quantitative estimate of drug-likeness (QED) is 0.855. The Bertz CT molecular complexity index is 569. The molecule has 2 atom stereocenters. The molecule has 0 saturated carbocycles. The van der Waals surface area contributed by atoms with Crippen molar-refractivity contribution in [2.24, 2.45) is 0 Å². The van der Waals surface area contributed by atoms with Crippen molar-refractivity contribution in [1.82, 2.24) is 15.5 Å². The van der Waals surface area contributed by atoms with E-state index in [1.807, 2.05) is 0 Å². The topological polar surface area (TPSA) is 47.6 Å². The summed E-state index contributed by atoms with van der Waals surface area (Å²) in [7, 11) is 0. The molecule has 2 heterocycles. The summed E-state index contributed by atoms with van der Waals surface area (Å²) in [6.07, 6.45) is 2.85. The second-order valence-corrected chi connectivity index (χ2v) is 7.48. The van der Waals surface area contributed by atoms with Crippen LogP contribution < -0.4 is 15.5 Å². The van der Waals surface area contributed by atoms with Crippen LogP contribution in [0.5, 0.6) is 0 Å². The third kappa shape index (κ3) is 5.19. The number of amides is 1. The van der Waals surface area contributed by atoms with E-state index in [4.69, 9.17) is 0 Å². The number of anilines is 1. The summed E-state index contributed by atoms with van der Waals surface area (Å²) in [5.41, 5.74) is 2.62. The molecule has 1 aromatic carbocycles. The lowest BCUT2D eigenvalue weighted by Crippen LogP contribution is -2.52. The standard InChI is InChI=1S/C20H32N4O/c1-16-5-3-6-18(15-16)24-13-11-23(12-14-24)10-8-20(25)22-19-7-4-9-21-17(19)2/h3,5-6,15,17,19,21H,4,7-14H2,1-2H3,(H,22,25). The smallest absolute Gasteiger partial charge is 0.221 e. The van der Waals surface area contributed by atoms with Gasteiger partial charge in [0.2, 0.25) is 5.91 Å². The molecular formula is C20H32N4O. The molecule has 0 aliphatic carbocycles. The minimum Gasteiger partial charge on any atom is -0.369 e. The van der Waals surface area contributed by atoms with Crippen LogP contribution in [-0.4, -0.2) is 62.2 Å². The Balaban J connectivity index is 1.38. The number of nitrogens with one attached hydrogen (secondary N) is 2. The van der Waals surface area contributed by atoms with Crippen LogP contribution in [0, 0.1) is 6.92 Å². The van der Waals surface area contributed by atoms with Gasteiger partial charge in [-0.25, -0.2) is 0 Å². The molecule has 2 aliphatic heterocycles. The zero-order valence-corrected chi connectivity index (χ0v) is 15.6. The molecule has 2 unspecified atom stereocenters. The number of aryl methyl sites for hydroxylation is 1. The monoisotopic (exact) mass is 344 g/mol. The van der Waals surface area contributed by atoms with Crippen molar-refractivity contribution >= 4 is 11.6 Å². The van der Waals surface area contributed by atoms with Crippen molar-refractivity contribution in [3.05, 3.63) is 29.8 Å². The highest BCUT2D eigenvalue weighted by atomic mass is 16.1. The van der Waals surface area contributed by atoms with Gasteiger partial charge in [-0.1, -0.05) is 12.1 Å². The number of hydrogen-bond donors (Lipinski definition) is 2. The lowest BCUT2D eigenvalue weighted by molar-refractivity contribution is -0.122. The highest BCUT2D eigenvalue weighted by Crippen LogP contribution is 2.17. The summed E-state index contributed by atoms with van der Waals surface area (Å²) in [5.74, 6) is 0.196. The molecule has 138 valence electrons. The van der Waals surface area contributed by atoms with Gasteiger partial charge in [-0.3, -0.25) is 9.69 Å². The van der Waals surface area contributed by atoms with Crippen molar-refractivity contribution < 1.29 is 4.79 Å². The van der Waals surface area contributed by atoms with E-state index in [1.165, 1.54) is 11.3 Å². The first kappa shape index (κ1) is 18.2. The largest absolute Gasteiger partial charge is 0.369 e. The van der Waals surface area contributed by atoms with Crippen molar-refractivity contribution in [3.63, 3.8) is 0 Å². The molecule has 0 bridgehead atoms. The first-order valence-corrected chi connectivity index (χ1v) is 9.68. The molecule has 25 heavy (non-hydrogen) atoms. The van der Waals surface area contributed by atoms with Gasteiger partial charge in [0.15, 0.2) is 0 Å². The van der Waals surface area contributed by atoms with Crippen LogP contribution in [0.1, 0.15) is 31.7 Å². The fourth-order valence-electron chi connectivity index (χ4n) is 3.83. The third-order valence-electron chi connectivity index (χ3n) is 5.50. The first-order chi connectivity index (χ1) is 12.1. The van der Waals surface area contributed by atoms with E-state index < -0.39 is 0 Å². The van der Waals surface area contributed by atoms with Gasteiger partial charge in [-0.05, 0) is 50.9 Å². The number of piperidine rings is 1. The Morgan fingerprint density at radius 3 is 2.80 bits per heavy atom. The van der Waals surface area contributed by atoms with Crippen molar-refractivity contribution in [2.45, 2.75) is 45.2 Å². The van der Waals surface area contributed by atoms with E-state index in [-0.39, 0.29) is 5.91 Å². The van der Waals surface area contributed by atoms with Crippen molar-refractivity contribution in [3.8, 4) is 0 Å². The zero-order chi connectivity index (χ0) is 17.6. The lowest BCUT2D eigenvalue weighted by atomic mass is 10.00. The van der Waals surface area contributed by atoms with E-state index in [0.717, 1.165) is 52.1 Å². The molecule has 3 rings (SSSR count). The molecular weight excluding hydrogens is 312 g/mol. The van der Waals surface area contributed by atoms with Crippen LogP contribution in [0.3, 0.4) is 0 Å². The van der Waals surface area contributed by atoms with Gasteiger partial charge in [-0.2, -0.15) is 0 Å². The van der Waals surface area contributed by atoms with Gasteiger partial charge in [0.05, 0.1) is 0 Å². The minimum absolute atomic E-state index is 0.196. The molecule has 2 aliphatic rings. The molecule has 5 nitrogen and oxygen atoms in total. The van der Waals surface area contributed by atoms with Crippen LogP contribution in [0.2, 0.25) is 0 Å². The zero-order valence-electron chi connectivity index (χ0n) is 15.6. The van der Waals surface area contributed by atoms with E-state index in [0.29, 0.717) is 18.5 Å². The summed E-state index contributed by atoms with van der Waals surface area (Å²) in [4.78, 5) is 17.1. The SMILES string of the molecule is Cc1cccc(N2CCN(CCC(=O)NC3CCCNC3C)CC2)c1. The summed E-state index contributed by atoms with van der Waals surface area (Å²) < 4.78 is 0. The number of hydrogen-bond acceptors (Lipinski definition) is 4. The highest BCUT2D eigenvalue weighted by molar-refractivity contribution is 5.76. The van der Waals surface area contributed by atoms with E-state index >= 15 is 0 Å². The normalized spacial score (nSPS) is 25.0. The predicted molar refractivity (Wildman–Crippen MR) is 103 cm³/mol. The van der Waals surface area contributed by atoms with Crippen molar-refractivity contribution in [1.29, 1.82) is 0 Å².